The number of hydrogen-bond donors (Lipinski definition) is 0. The summed E-state index contributed by atoms with van der Waals surface area (Å²) < 4.78 is 10.2. The molecule has 0 aromatic rings. The van der Waals surface area contributed by atoms with Crippen LogP contribution in [0.25, 0.3) is 0 Å². The van der Waals surface area contributed by atoms with Gasteiger partial charge in [-0.05, 0) is 5.92 Å². The number of methoxy groups -OCH3 is 1. The first-order chi connectivity index (χ1) is 5.83. The van der Waals surface area contributed by atoms with Gasteiger partial charge in [0.15, 0.2) is 5.78 Å². The monoisotopic (exact) mass is 168 g/mol. The predicted molar refractivity (Wildman–Crippen MR) is 42.5 cm³/mol. The van der Waals surface area contributed by atoms with Crippen molar-refractivity contribution in [3.63, 3.8) is 0 Å². The van der Waals surface area contributed by atoms with Crippen molar-refractivity contribution in [3.05, 3.63) is 11.8 Å². The maximum absolute atomic E-state index is 11.4. The SMILES string of the molecule is CO/C=C1/C(=O)C[C@@H]2COC[C@H]12. The highest BCUT2D eigenvalue weighted by atomic mass is 16.5. The summed E-state index contributed by atoms with van der Waals surface area (Å²) in [5.74, 6) is 0.950. The molecule has 0 radical (unpaired) electrons. The first-order valence-corrected chi connectivity index (χ1v) is 4.16. The van der Waals surface area contributed by atoms with Gasteiger partial charge in [-0.25, -0.2) is 0 Å². The zero-order chi connectivity index (χ0) is 8.55. The van der Waals surface area contributed by atoms with Crippen molar-refractivity contribution in [2.75, 3.05) is 20.3 Å². The van der Waals surface area contributed by atoms with Crippen molar-refractivity contribution in [2.45, 2.75) is 6.42 Å². The van der Waals surface area contributed by atoms with Gasteiger partial charge in [-0.3, -0.25) is 4.79 Å². The summed E-state index contributed by atoms with van der Waals surface area (Å²) in [5.41, 5.74) is 0.819. The van der Waals surface area contributed by atoms with E-state index in [1.165, 1.54) is 0 Å². The van der Waals surface area contributed by atoms with E-state index >= 15 is 0 Å². The molecule has 3 nitrogen and oxygen atoms in total. The Labute approximate surface area is 71.3 Å². The molecule has 2 atom stereocenters. The summed E-state index contributed by atoms with van der Waals surface area (Å²) in [5, 5.41) is 0. The molecule has 66 valence electrons. The zero-order valence-electron chi connectivity index (χ0n) is 7.08. The van der Waals surface area contributed by atoms with Crippen molar-refractivity contribution in [3.8, 4) is 0 Å². The van der Waals surface area contributed by atoms with Crippen LogP contribution in [-0.2, 0) is 14.3 Å². The topological polar surface area (TPSA) is 35.5 Å². The molecule has 3 heteroatoms. The number of rotatable bonds is 1. The second kappa shape index (κ2) is 2.90. The normalized spacial score (nSPS) is 37.4. The van der Waals surface area contributed by atoms with E-state index in [2.05, 4.69) is 0 Å². The van der Waals surface area contributed by atoms with Gasteiger partial charge in [-0.15, -0.1) is 0 Å². The maximum Gasteiger partial charge on any atom is 0.162 e. The van der Waals surface area contributed by atoms with Crippen LogP contribution >= 0.6 is 0 Å². The lowest BCUT2D eigenvalue weighted by Crippen LogP contribution is -2.06. The highest BCUT2D eigenvalue weighted by Gasteiger charge is 2.41. The lowest BCUT2D eigenvalue weighted by atomic mass is 9.98. The first kappa shape index (κ1) is 7.80. The Balaban J connectivity index is 2.21. The Morgan fingerprint density at radius 2 is 2.42 bits per heavy atom. The maximum atomic E-state index is 11.4. The lowest BCUT2D eigenvalue weighted by molar-refractivity contribution is -0.115. The molecule has 1 saturated carbocycles. The molecule has 0 unspecified atom stereocenters. The summed E-state index contributed by atoms with van der Waals surface area (Å²) >= 11 is 0. The number of ketones is 1. The van der Waals surface area contributed by atoms with Crippen LogP contribution in [0.1, 0.15) is 6.42 Å². The van der Waals surface area contributed by atoms with Crippen molar-refractivity contribution >= 4 is 5.78 Å². The van der Waals surface area contributed by atoms with Crippen LogP contribution in [0.3, 0.4) is 0 Å². The molecule has 2 fully saturated rings. The Morgan fingerprint density at radius 3 is 3.17 bits per heavy atom. The van der Waals surface area contributed by atoms with E-state index in [9.17, 15) is 4.79 Å². The van der Waals surface area contributed by atoms with Gasteiger partial charge in [0.2, 0.25) is 0 Å². The molecule has 0 amide bonds. The Kier molecular flexibility index (Phi) is 1.89. The molecular formula is C9H12O3. The van der Waals surface area contributed by atoms with Crippen LogP contribution in [0.15, 0.2) is 11.8 Å². The summed E-state index contributed by atoms with van der Waals surface area (Å²) in [7, 11) is 1.57. The molecule has 0 spiro atoms. The van der Waals surface area contributed by atoms with Crippen LogP contribution < -0.4 is 0 Å². The third kappa shape index (κ3) is 1.05. The molecule has 0 N–H and O–H groups in total. The molecule has 1 aliphatic carbocycles. The fourth-order valence-electron chi connectivity index (χ4n) is 1.99. The minimum Gasteiger partial charge on any atom is -0.504 e. The molecule has 12 heavy (non-hydrogen) atoms. The fraction of sp³-hybridized carbons (Fsp3) is 0.667. The summed E-state index contributed by atoms with van der Waals surface area (Å²) in [6, 6.07) is 0. The number of carbonyl (C=O) groups is 1. The molecule has 2 aliphatic rings. The van der Waals surface area contributed by atoms with Gasteiger partial charge in [0, 0.05) is 17.9 Å². The van der Waals surface area contributed by atoms with Gasteiger partial charge in [-0.1, -0.05) is 0 Å². The zero-order valence-corrected chi connectivity index (χ0v) is 7.08. The van der Waals surface area contributed by atoms with Crippen LogP contribution in [-0.4, -0.2) is 26.1 Å². The number of ether oxygens (including phenoxy) is 2. The van der Waals surface area contributed by atoms with Crippen LogP contribution in [0.2, 0.25) is 0 Å². The summed E-state index contributed by atoms with van der Waals surface area (Å²) in [4.78, 5) is 11.4. The van der Waals surface area contributed by atoms with Gasteiger partial charge in [-0.2, -0.15) is 0 Å². The first-order valence-electron chi connectivity index (χ1n) is 4.16. The average molecular weight is 168 g/mol. The summed E-state index contributed by atoms with van der Waals surface area (Å²) in [6.07, 6.45) is 2.21. The van der Waals surface area contributed by atoms with Crippen molar-refractivity contribution in [2.24, 2.45) is 11.8 Å². The largest absolute Gasteiger partial charge is 0.504 e. The van der Waals surface area contributed by atoms with Crippen molar-refractivity contribution in [1.29, 1.82) is 0 Å². The van der Waals surface area contributed by atoms with E-state index in [0.717, 1.165) is 12.2 Å². The molecule has 1 saturated heterocycles. The Morgan fingerprint density at radius 1 is 1.58 bits per heavy atom. The molecule has 0 bridgehead atoms. The van der Waals surface area contributed by atoms with Crippen molar-refractivity contribution in [1.82, 2.24) is 0 Å². The van der Waals surface area contributed by atoms with E-state index in [1.54, 1.807) is 13.4 Å². The minimum absolute atomic E-state index is 0.232. The van der Waals surface area contributed by atoms with E-state index in [0.29, 0.717) is 24.9 Å². The molecule has 1 heterocycles. The van der Waals surface area contributed by atoms with E-state index in [-0.39, 0.29) is 5.78 Å². The second-order valence-electron chi connectivity index (χ2n) is 3.34. The standard InChI is InChI=1S/C9H12O3/c1-11-4-8-7-5-12-3-6(7)2-9(8)10/h4,6-7H,2-3,5H2,1H3/b8-4+/t6-,7+/m1/s1. The molecule has 0 aromatic heterocycles. The van der Waals surface area contributed by atoms with Gasteiger partial charge in [0.25, 0.3) is 0 Å². The highest BCUT2D eigenvalue weighted by molar-refractivity contribution is 5.98. The molecular weight excluding hydrogens is 156 g/mol. The molecule has 0 aromatic carbocycles. The average Bonchev–Trinajstić information content (AvgIpc) is 2.56. The third-order valence-corrected chi connectivity index (χ3v) is 2.61. The quantitative estimate of drug-likeness (QED) is 0.428. The number of fused-ring (bicyclic) bond motifs is 1. The van der Waals surface area contributed by atoms with Crippen LogP contribution in [0, 0.1) is 11.8 Å². The Hall–Kier alpha value is -0.830. The van der Waals surface area contributed by atoms with Gasteiger partial charge < -0.3 is 9.47 Å². The number of hydrogen-bond acceptors (Lipinski definition) is 3. The van der Waals surface area contributed by atoms with E-state index in [1.807, 2.05) is 0 Å². The second-order valence-corrected chi connectivity index (χ2v) is 3.34. The van der Waals surface area contributed by atoms with E-state index < -0.39 is 0 Å². The van der Waals surface area contributed by atoms with E-state index in [4.69, 9.17) is 9.47 Å². The fourth-order valence-corrected chi connectivity index (χ4v) is 1.99. The van der Waals surface area contributed by atoms with Crippen LogP contribution in [0.5, 0.6) is 0 Å². The van der Waals surface area contributed by atoms with Gasteiger partial charge in [0.1, 0.15) is 0 Å². The minimum atomic E-state index is 0.232. The van der Waals surface area contributed by atoms with Crippen LogP contribution in [0.4, 0.5) is 0 Å². The smallest absolute Gasteiger partial charge is 0.162 e. The van der Waals surface area contributed by atoms with Gasteiger partial charge >= 0.3 is 0 Å². The molecule has 1 aliphatic heterocycles. The number of carbonyl (C=O) groups excluding carboxylic acids is 1. The molecule has 2 rings (SSSR count). The summed E-state index contributed by atoms with van der Waals surface area (Å²) in [6.45, 7) is 1.42. The predicted octanol–water partition coefficient (Wildman–Crippen LogP) is 0.752. The third-order valence-electron chi connectivity index (χ3n) is 2.61. The van der Waals surface area contributed by atoms with Crippen molar-refractivity contribution < 1.29 is 14.3 Å². The lowest BCUT2D eigenvalue weighted by Gasteiger charge is -2.04. The number of Topliss-reactive ketones (excluding diaryl/α,β-unsaturated/α-hetero) is 1. The van der Waals surface area contributed by atoms with Gasteiger partial charge in [0.05, 0.1) is 26.6 Å². The Bertz CT molecular complexity index is 232. The highest BCUT2D eigenvalue weighted by Crippen LogP contribution is 2.38.